The average Bonchev–Trinajstić information content (AvgIpc) is 3.08. The van der Waals surface area contributed by atoms with Crippen molar-refractivity contribution in [2.24, 2.45) is 0 Å². The molecule has 3 aromatic rings. The highest BCUT2D eigenvalue weighted by Gasteiger charge is 2.13. The van der Waals surface area contributed by atoms with Gasteiger partial charge in [-0.1, -0.05) is 0 Å². The van der Waals surface area contributed by atoms with E-state index in [0.29, 0.717) is 5.56 Å². The third kappa shape index (κ3) is 2.20. The van der Waals surface area contributed by atoms with Crippen LogP contribution in [0.3, 0.4) is 0 Å². The van der Waals surface area contributed by atoms with Crippen LogP contribution >= 0.6 is 22.7 Å². The van der Waals surface area contributed by atoms with E-state index >= 15 is 0 Å². The van der Waals surface area contributed by atoms with E-state index in [-0.39, 0.29) is 11.1 Å². The number of hydrogen-bond donors (Lipinski definition) is 1. The predicted molar refractivity (Wildman–Crippen MR) is 83.1 cm³/mol. The molecule has 20 heavy (non-hydrogen) atoms. The van der Waals surface area contributed by atoms with Gasteiger partial charge in [-0.15, -0.1) is 11.3 Å². The molecule has 0 aliphatic rings. The summed E-state index contributed by atoms with van der Waals surface area (Å²) < 4.78 is 0. The molecular formula is C15H10N2OS2. The van der Waals surface area contributed by atoms with Crippen molar-refractivity contribution in [3.8, 4) is 27.8 Å². The monoisotopic (exact) mass is 298 g/mol. The lowest BCUT2D eigenvalue weighted by Crippen LogP contribution is -2.12. The number of nitrogens with one attached hydrogen (secondary N) is 1. The summed E-state index contributed by atoms with van der Waals surface area (Å²) in [6.07, 6.45) is 0. The van der Waals surface area contributed by atoms with Gasteiger partial charge < -0.3 is 4.98 Å². The van der Waals surface area contributed by atoms with E-state index in [0.717, 1.165) is 16.1 Å². The van der Waals surface area contributed by atoms with Gasteiger partial charge in [-0.2, -0.15) is 16.6 Å². The van der Waals surface area contributed by atoms with Crippen molar-refractivity contribution in [2.45, 2.75) is 6.92 Å². The SMILES string of the molecule is Cc1ccc(-c2cc(-c3ccsc3)c(C#N)c(=O)[nH]2)s1. The van der Waals surface area contributed by atoms with Crippen molar-refractivity contribution in [1.82, 2.24) is 4.98 Å². The average molecular weight is 298 g/mol. The van der Waals surface area contributed by atoms with Crippen molar-refractivity contribution in [3.05, 3.63) is 55.8 Å². The molecule has 3 aromatic heterocycles. The van der Waals surface area contributed by atoms with Gasteiger partial charge in [0.05, 0.1) is 10.6 Å². The van der Waals surface area contributed by atoms with Crippen LogP contribution in [-0.2, 0) is 0 Å². The molecule has 3 nitrogen and oxygen atoms in total. The zero-order chi connectivity index (χ0) is 14.1. The Morgan fingerprint density at radius 3 is 2.75 bits per heavy atom. The Labute approximate surface area is 123 Å². The summed E-state index contributed by atoms with van der Waals surface area (Å²) in [5, 5.41) is 13.1. The minimum absolute atomic E-state index is 0.167. The minimum Gasteiger partial charge on any atom is -0.320 e. The molecule has 0 bridgehead atoms. The summed E-state index contributed by atoms with van der Waals surface area (Å²) in [7, 11) is 0. The van der Waals surface area contributed by atoms with Crippen molar-refractivity contribution >= 4 is 22.7 Å². The van der Waals surface area contributed by atoms with Gasteiger partial charge in [-0.05, 0) is 47.5 Å². The third-order valence-electron chi connectivity index (χ3n) is 2.98. The predicted octanol–water partition coefficient (Wildman–Crippen LogP) is 4.01. The Morgan fingerprint density at radius 1 is 1.30 bits per heavy atom. The smallest absolute Gasteiger partial charge is 0.266 e. The lowest BCUT2D eigenvalue weighted by molar-refractivity contribution is 1.23. The molecule has 3 heterocycles. The van der Waals surface area contributed by atoms with Gasteiger partial charge in [0.25, 0.3) is 5.56 Å². The first-order valence-corrected chi connectivity index (χ1v) is 7.72. The van der Waals surface area contributed by atoms with Gasteiger partial charge >= 0.3 is 0 Å². The maximum absolute atomic E-state index is 12.1. The number of nitrogens with zero attached hydrogens (tertiary/aromatic N) is 1. The summed E-state index contributed by atoms with van der Waals surface area (Å²) in [6, 6.07) is 9.80. The van der Waals surface area contributed by atoms with Gasteiger partial charge in [-0.3, -0.25) is 4.79 Å². The lowest BCUT2D eigenvalue weighted by Gasteiger charge is -2.04. The van der Waals surface area contributed by atoms with Crippen LogP contribution in [0.2, 0.25) is 0 Å². The maximum atomic E-state index is 12.1. The number of pyridine rings is 1. The lowest BCUT2D eigenvalue weighted by atomic mass is 10.0. The van der Waals surface area contributed by atoms with Crippen molar-refractivity contribution in [2.75, 3.05) is 0 Å². The standard InChI is InChI=1S/C15H10N2OS2/c1-9-2-3-14(20-9)13-6-11(10-4-5-19-8-10)12(7-16)15(18)17-13/h2-6,8H,1H3,(H,17,18). The van der Waals surface area contributed by atoms with Crippen LogP contribution in [0, 0.1) is 18.3 Å². The summed E-state index contributed by atoms with van der Waals surface area (Å²) >= 11 is 3.16. The Kier molecular flexibility index (Phi) is 3.26. The highest BCUT2D eigenvalue weighted by atomic mass is 32.1. The van der Waals surface area contributed by atoms with Crippen molar-refractivity contribution in [1.29, 1.82) is 5.26 Å². The molecule has 0 fully saturated rings. The van der Waals surface area contributed by atoms with E-state index in [9.17, 15) is 10.1 Å². The van der Waals surface area contributed by atoms with E-state index in [1.165, 1.54) is 4.88 Å². The first kappa shape index (κ1) is 12.9. The fourth-order valence-corrected chi connectivity index (χ4v) is 3.52. The third-order valence-corrected chi connectivity index (χ3v) is 4.70. The highest BCUT2D eigenvalue weighted by Crippen LogP contribution is 2.30. The van der Waals surface area contributed by atoms with Crippen LogP contribution in [0.1, 0.15) is 10.4 Å². The molecule has 0 unspecified atom stereocenters. The number of thiophene rings is 2. The van der Waals surface area contributed by atoms with Gasteiger partial charge in [0, 0.05) is 10.4 Å². The summed E-state index contributed by atoms with van der Waals surface area (Å²) in [4.78, 5) is 17.1. The molecule has 5 heteroatoms. The second-order valence-corrected chi connectivity index (χ2v) is 6.40. The molecule has 0 aliphatic carbocycles. The molecule has 0 saturated heterocycles. The van der Waals surface area contributed by atoms with Gasteiger partial charge in [0.2, 0.25) is 0 Å². The minimum atomic E-state index is -0.336. The second-order valence-electron chi connectivity index (χ2n) is 4.33. The second kappa shape index (κ2) is 5.08. The Bertz CT molecular complexity index is 851. The molecule has 0 saturated carbocycles. The zero-order valence-electron chi connectivity index (χ0n) is 10.6. The molecule has 0 radical (unpaired) electrons. The fraction of sp³-hybridized carbons (Fsp3) is 0.0667. The molecule has 0 spiro atoms. The highest BCUT2D eigenvalue weighted by molar-refractivity contribution is 7.15. The number of nitriles is 1. The quantitative estimate of drug-likeness (QED) is 0.777. The van der Waals surface area contributed by atoms with Crippen LogP contribution in [0.25, 0.3) is 21.7 Å². The molecule has 98 valence electrons. The van der Waals surface area contributed by atoms with E-state index in [1.54, 1.807) is 22.7 Å². The number of rotatable bonds is 2. The Balaban J connectivity index is 2.26. The Hall–Kier alpha value is -2.16. The molecular weight excluding hydrogens is 288 g/mol. The van der Waals surface area contributed by atoms with Gasteiger partial charge in [0.1, 0.15) is 11.6 Å². The number of aryl methyl sites for hydroxylation is 1. The molecule has 0 aromatic carbocycles. The van der Waals surface area contributed by atoms with E-state index < -0.39 is 0 Å². The van der Waals surface area contributed by atoms with Crippen LogP contribution < -0.4 is 5.56 Å². The number of aromatic nitrogens is 1. The number of hydrogen-bond acceptors (Lipinski definition) is 4. The van der Waals surface area contributed by atoms with Crippen LogP contribution in [0.4, 0.5) is 0 Å². The largest absolute Gasteiger partial charge is 0.320 e. The summed E-state index contributed by atoms with van der Waals surface area (Å²) in [5.74, 6) is 0. The van der Waals surface area contributed by atoms with Gasteiger partial charge in [0.15, 0.2) is 0 Å². The van der Waals surface area contributed by atoms with Gasteiger partial charge in [-0.25, -0.2) is 0 Å². The summed E-state index contributed by atoms with van der Waals surface area (Å²) in [5.41, 5.74) is 2.19. The fourth-order valence-electron chi connectivity index (χ4n) is 2.03. The van der Waals surface area contributed by atoms with E-state index in [1.807, 2.05) is 48.0 Å². The molecule has 0 amide bonds. The molecule has 1 N–H and O–H groups in total. The topological polar surface area (TPSA) is 56.6 Å². The Morgan fingerprint density at radius 2 is 2.15 bits per heavy atom. The molecule has 3 rings (SSSR count). The van der Waals surface area contributed by atoms with Crippen LogP contribution in [0.5, 0.6) is 0 Å². The van der Waals surface area contributed by atoms with Crippen LogP contribution in [-0.4, -0.2) is 4.98 Å². The summed E-state index contributed by atoms with van der Waals surface area (Å²) in [6.45, 7) is 2.02. The molecule has 0 aliphatic heterocycles. The zero-order valence-corrected chi connectivity index (χ0v) is 12.3. The first-order chi connectivity index (χ1) is 9.69. The van der Waals surface area contributed by atoms with Crippen molar-refractivity contribution in [3.63, 3.8) is 0 Å². The molecule has 0 atom stereocenters. The number of H-pyrrole nitrogens is 1. The van der Waals surface area contributed by atoms with E-state index in [2.05, 4.69) is 4.98 Å². The van der Waals surface area contributed by atoms with Crippen LogP contribution in [0.15, 0.2) is 39.8 Å². The maximum Gasteiger partial charge on any atom is 0.266 e. The normalized spacial score (nSPS) is 10.4. The van der Waals surface area contributed by atoms with E-state index in [4.69, 9.17) is 0 Å². The van der Waals surface area contributed by atoms with Crippen molar-refractivity contribution < 1.29 is 0 Å². The first-order valence-electron chi connectivity index (χ1n) is 5.96. The number of aromatic amines is 1.